The first-order chi connectivity index (χ1) is 11.8. The smallest absolute Gasteiger partial charge is 0.272 e. The maximum absolute atomic E-state index is 12.8. The van der Waals surface area contributed by atoms with Gasteiger partial charge in [-0.2, -0.15) is 0 Å². The molecule has 0 atom stereocenters. The van der Waals surface area contributed by atoms with E-state index in [0.29, 0.717) is 18.8 Å². The molecule has 0 saturated carbocycles. The van der Waals surface area contributed by atoms with E-state index >= 15 is 0 Å². The second-order valence-corrected chi connectivity index (χ2v) is 7.36. The monoisotopic (exact) mass is 337 g/mol. The second-order valence-electron chi connectivity index (χ2n) is 7.36. The zero-order valence-corrected chi connectivity index (χ0v) is 14.9. The Morgan fingerprint density at radius 1 is 1.00 bits per heavy atom. The van der Waals surface area contributed by atoms with Crippen molar-refractivity contribution in [3.05, 3.63) is 65.0 Å². The highest BCUT2D eigenvalue weighted by Crippen LogP contribution is 2.20. The molecule has 0 unspecified atom stereocenters. The summed E-state index contributed by atoms with van der Waals surface area (Å²) in [6, 6.07) is 13.2. The summed E-state index contributed by atoms with van der Waals surface area (Å²) in [5.74, 6) is -0.411. The summed E-state index contributed by atoms with van der Waals surface area (Å²) in [4.78, 5) is 31.2. The standard InChI is InChI=1S/C20H23N3O2/c1-20(2,3)22-18(24)16-9-6-10-17(21-16)19(25)23-12-11-14-7-4-5-8-15(14)13-23/h4-10H,11-13H2,1-3H3,(H,22,24). The van der Waals surface area contributed by atoms with Gasteiger partial charge in [0.05, 0.1) is 0 Å². The third kappa shape index (κ3) is 4.05. The number of hydrogen-bond acceptors (Lipinski definition) is 3. The number of amides is 2. The van der Waals surface area contributed by atoms with Gasteiger partial charge in [-0.15, -0.1) is 0 Å². The topological polar surface area (TPSA) is 62.3 Å². The van der Waals surface area contributed by atoms with E-state index in [-0.39, 0.29) is 23.0 Å². The molecule has 2 aromatic rings. The minimum Gasteiger partial charge on any atom is -0.346 e. The average molecular weight is 337 g/mol. The first-order valence-electron chi connectivity index (χ1n) is 8.49. The Morgan fingerprint density at radius 3 is 2.40 bits per heavy atom. The van der Waals surface area contributed by atoms with E-state index in [2.05, 4.69) is 22.4 Å². The molecular formula is C20H23N3O2. The van der Waals surface area contributed by atoms with Crippen LogP contribution < -0.4 is 5.32 Å². The zero-order valence-electron chi connectivity index (χ0n) is 14.9. The molecule has 1 aliphatic heterocycles. The Bertz CT molecular complexity index is 809. The molecule has 5 nitrogen and oxygen atoms in total. The molecule has 1 aromatic carbocycles. The Hall–Kier alpha value is -2.69. The van der Waals surface area contributed by atoms with Crippen molar-refractivity contribution in [3.63, 3.8) is 0 Å². The van der Waals surface area contributed by atoms with Gasteiger partial charge in [0.15, 0.2) is 0 Å². The maximum atomic E-state index is 12.8. The van der Waals surface area contributed by atoms with Gasteiger partial charge in [-0.05, 0) is 50.5 Å². The number of nitrogens with one attached hydrogen (secondary N) is 1. The molecule has 5 heteroatoms. The molecule has 0 aliphatic carbocycles. The van der Waals surface area contributed by atoms with Crippen molar-refractivity contribution < 1.29 is 9.59 Å². The maximum Gasteiger partial charge on any atom is 0.272 e. The van der Waals surface area contributed by atoms with E-state index in [0.717, 1.165) is 6.42 Å². The first kappa shape index (κ1) is 17.1. The van der Waals surface area contributed by atoms with E-state index in [1.54, 1.807) is 23.1 Å². The Balaban J connectivity index is 1.77. The minimum atomic E-state index is -0.352. The Labute approximate surface area is 148 Å². The summed E-state index contributed by atoms with van der Waals surface area (Å²) < 4.78 is 0. The van der Waals surface area contributed by atoms with E-state index in [1.807, 2.05) is 32.9 Å². The third-order valence-electron chi connectivity index (χ3n) is 4.11. The zero-order chi connectivity index (χ0) is 18.0. The van der Waals surface area contributed by atoms with Crippen LogP contribution in [0.3, 0.4) is 0 Å². The van der Waals surface area contributed by atoms with Crippen molar-refractivity contribution in [3.8, 4) is 0 Å². The van der Waals surface area contributed by atoms with E-state index in [4.69, 9.17) is 0 Å². The van der Waals surface area contributed by atoms with Crippen molar-refractivity contribution in [2.24, 2.45) is 0 Å². The third-order valence-corrected chi connectivity index (χ3v) is 4.11. The number of nitrogens with zero attached hydrogens (tertiary/aromatic N) is 2. The van der Waals surface area contributed by atoms with E-state index in [1.165, 1.54) is 11.1 Å². The molecule has 130 valence electrons. The van der Waals surface area contributed by atoms with Crippen LogP contribution in [0.5, 0.6) is 0 Å². The van der Waals surface area contributed by atoms with Gasteiger partial charge in [0.1, 0.15) is 11.4 Å². The van der Waals surface area contributed by atoms with Gasteiger partial charge in [-0.1, -0.05) is 30.3 Å². The lowest BCUT2D eigenvalue weighted by Crippen LogP contribution is -2.41. The number of hydrogen-bond donors (Lipinski definition) is 1. The number of carbonyl (C=O) groups excluding carboxylic acids is 2. The van der Waals surface area contributed by atoms with Crippen molar-refractivity contribution in [1.82, 2.24) is 15.2 Å². The van der Waals surface area contributed by atoms with Gasteiger partial charge in [0.2, 0.25) is 0 Å². The molecule has 2 heterocycles. The SMILES string of the molecule is CC(C)(C)NC(=O)c1cccc(C(=O)N2CCc3ccccc3C2)n1. The van der Waals surface area contributed by atoms with E-state index in [9.17, 15) is 9.59 Å². The van der Waals surface area contributed by atoms with Gasteiger partial charge in [-0.3, -0.25) is 9.59 Å². The highest BCUT2D eigenvalue weighted by Gasteiger charge is 2.23. The van der Waals surface area contributed by atoms with Crippen molar-refractivity contribution in [2.45, 2.75) is 39.3 Å². The highest BCUT2D eigenvalue weighted by molar-refractivity contribution is 5.96. The molecule has 0 fully saturated rings. The first-order valence-corrected chi connectivity index (χ1v) is 8.49. The number of aromatic nitrogens is 1. The molecule has 0 spiro atoms. The minimum absolute atomic E-state index is 0.139. The number of fused-ring (bicyclic) bond motifs is 1. The van der Waals surface area contributed by atoms with Crippen LogP contribution in [-0.4, -0.2) is 33.8 Å². The molecule has 1 aromatic heterocycles. The van der Waals surface area contributed by atoms with Crippen LogP contribution in [0.25, 0.3) is 0 Å². The lowest BCUT2D eigenvalue weighted by atomic mass is 10.00. The predicted molar refractivity (Wildman–Crippen MR) is 96.3 cm³/mol. The average Bonchev–Trinajstić information content (AvgIpc) is 2.59. The van der Waals surface area contributed by atoms with Crippen LogP contribution in [0.1, 0.15) is 52.9 Å². The molecule has 0 radical (unpaired) electrons. The molecule has 1 aliphatic rings. The van der Waals surface area contributed by atoms with Crippen LogP contribution >= 0.6 is 0 Å². The number of rotatable bonds is 2. The molecule has 0 saturated heterocycles. The summed E-state index contributed by atoms with van der Waals surface area (Å²) in [7, 11) is 0. The molecular weight excluding hydrogens is 314 g/mol. The largest absolute Gasteiger partial charge is 0.346 e. The van der Waals surface area contributed by atoms with Crippen LogP contribution in [0.2, 0.25) is 0 Å². The van der Waals surface area contributed by atoms with Crippen LogP contribution in [0, 0.1) is 0 Å². The lowest BCUT2D eigenvalue weighted by Gasteiger charge is -2.28. The molecule has 2 amide bonds. The molecule has 25 heavy (non-hydrogen) atoms. The molecule has 3 rings (SSSR count). The van der Waals surface area contributed by atoms with Crippen LogP contribution in [0.15, 0.2) is 42.5 Å². The lowest BCUT2D eigenvalue weighted by molar-refractivity contribution is 0.0728. The van der Waals surface area contributed by atoms with Crippen LogP contribution in [-0.2, 0) is 13.0 Å². The van der Waals surface area contributed by atoms with Gasteiger partial charge < -0.3 is 10.2 Å². The Kier molecular flexibility index (Phi) is 4.57. The van der Waals surface area contributed by atoms with Gasteiger partial charge >= 0.3 is 0 Å². The summed E-state index contributed by atoms with van der Waals surface area (Å²) in [6.45, 7) is 6.96. The highest BCUT2D eigenvalue weighted by atomic mass is 16.2. The fraction of sp³-hybridized carbons (Fsp3) is 0.350. The number of benzene rings is 1. The number of carbonyl (C=O) groups is 2. The summed E-state index contributed by atoms with van der Waals surface area (Å²) in [6.07, 6.45) is 0.839. The molecule has 0 bridgehead atoms. The van der Waals surface area contributed by atoms with Gasteiger partial charge in [0.25, 0.3) is 11.8 Å². The summed E-state index contributed by atoms with van der Waals surface area (Å²) >= 11 is 0. The fourth-order valence-corrected chi connectivity index (χ4v) is 2.92. The summed E-state index contributed by atoms with van der Waals surface area (Å²) in [5.41, 5.74) is 2.68. The van der Waals surface area contributed by atoms with Crippen molar-refractivity contribution in [1.29, 1.82) is 0 Å². The predicted octanol–water partition coefficient (Wildman–Crippen LogP) is 2.81. The van der Waals surface area contributed by atoms with Crippen molar-refractivity contribution in [2.75, 3.05) is 6.54 Å². The summed E-state index contributed by atoms with van der Waals surface area (Å²) in [5, 5.41) is 2.87. The normalized spacial score (nSPS) is 14.0. The fourth-order valence-electron chi connectivity index (χ4n) is 2.92. The van der Waals surface area contributed by atoms with Gasteiger partial charge in [-0.25, -0.2) is 4.98 Å². The van der Waals surface area contributed by atoms with E-state index < -0.39 is 0 Å². The van der Waals surface area contributed by atoms with Crippen molar-refractivity contribution >= 4 is 11.8 Å². The second kappa shape index (κ2) is 6.67. The molecule has 1 N–H and O–H groups in total. The Morgan fingerprint density at radius 2 is 1.68 bits per heavy atom. The number of pyridine rings is 1. The quantitative estimate of drug-likeness (QED) is 0.916. The van der Waals surface area contributed by atoms with Crippen LogP contribution in [0.4, 0.5) is 0 Å². The van der Waals surface area contributed by atoms with Gasteiger partial charge in [0, 0.05) is 18.6 Å².